The van der Waals surface area contributed by atoms with Crippen molar-refractivity contribution in [1.29, 1.82) is 0 Å². The van der Waals surface area contributed by atoms with Crippen molar-refractivity contribution in [3.8, 4) is 5.75 Å². The molecule has 0 bridgehead atoms. The molecule has 0 aromatic heterocycles. The molecule has 4 nitrogen and oxygen atoms in total. The monoisotopic (exact) mass is 325 g/mol. The Morgan fingerprint density at radius 3 is 2.50 bits per heavy atom. The van der Waals surface area contributed by atoms with Gasteiger partial charge in [-0.15, -0.1) is 0 Å². The maximum absolute atomic E-state index is 12.1. The van der Waals surface area contributed by atoms with E-state index in [0.29, 0.717) is 13.0 Å². The van der Waals surface area contributed by atoms with E-state index in [9.17, 15) is 9.90 Å². The summed E-state index contributed by atoms with van der Waals surface area (Å²) in [7, 11) is 0. The summed E-state index contributed by atoms with van der Waals surface area (Å²) in [5.41, 5.74) is 1.90. The van der Waals surface area contributed by atoms with Crippen LogP contribution in [-0.2, 0) is 4.79 Å². The quantitative estimate of drug-likeness (QED) is 0.732. The van der Waals surface area contributed by atoms with Crippen LogP contribution in [0.5, 0.6) is 5.75 Å². The van der Waals surface area contributed by atoms with Gasteiger partial charge in [-0.1, -0.05) is 42.5 Å². The number of ether oxygens (including phenoxy) is 1. The molecule has 1 atom stereocenters. The second kappa shape index (κ2) is 9.53. The van der Waals surface area contributed by atoms with Crippen LogP contribution in [0.15, 0.2) is 60.7 Å². The molecule has 0 saturated heterocycles. The van der Waals surface area contributed by atoms with E-state index in [-0.39, 0.29) is 18.6 Å². The highest BCUT2D eigenvalue weighted by atomic mass is 16.5. The number of nitrogens with one attached hydrogen (secondary N) is 1. The van der Waals surface area contributed by atoms with Crippen LogP contribution < -0.4 is 10.1 Å². The minimum atomic E-state index is -0.200. The number of carbonyl (C=O) groups is 1. The third kappa shape index (κ3) is 5.56. The Kier molecular flexibility index (Phi) is 7.05. The van der Waals surface area contributed by atoms with E-state index in [1.807, 2.05) is 61.5 Å². The second-order valence-corrected chi connectivity index (χ2v) is 5.32. The zero-order valence-electron chi connectivity index (χ0n) is 13.8. The fourth-order valence-electron chi connectivity index (χ4n) is 2.37. The van der Waals surface area contributed by atoms with Crippen molar-refractivity contribution in [1.82, 2.24) is 5.32 Å². The summed E-state index contributed by atoms with van der Waals surface area (Å²) >= 11 is 0. The number of amides is 1. The van der Waals surface area contributed by atoms with E-state index >= 15 is 0 Å². The van der Waals surface area contributed by atoms with Gasteiger partial charge in [0.05, 0.1) is 12.6 Å². The molecule has 2 aromatic carbocycles. The summed E-state index contributed by atoms with van der Waals surface area (Å²) in [6.07, 6.45) is 3.74. The first kappa shape index (κ1) is 17.8. The van der Waals surface area contributed by atoms with Gasteiger partial charge in [-0.2, -0.15) is 0 Å². The molecule has 0 saturated carbocycles. The molecule has 0 fully saturated rings. The first-order valence-electron chi connectivity index (χ1n) is 8.10. The number of hydrogen-bond donors (Lipinski definition) is 2. The van der Waals surface area contributed by atoms with Crippen LogP contribution in [-0.4, -0.2) is 24.2 Å². The molecule has 0 aliphatic carbocycles. The van der Waals surface area contributed by atoms with Gasteiger partial charge in [0, 0.05) is 12.7 Å². The molecular weight excluding hydrogens is 302 g/mol. The summed E-state index contributed by atoms with van der Waals surface area (Å²) in [4.78, 5) is 12.1. The largest absolute Gasteiger partial charge is 0.494 e. The highest BCUT2D eigenvalue weighted by Gasteiger charge is 2.12. The number of hydrogen-bond acceptors (Lipinski definition) is 3. The van der Waals surface area contributed by atoms with Gasteiger partial charge in [-0.05, 0) is 42.7 Å². The molecule has 2 rings (SSSR count). The maximum Gasteiger partial charge on any atom is 0.244 e. The van der Waals surface area contributed by atoms with E-state index < -0.39 is 0 Å². The molecule has 0 aliphatic rings. The Hall–Kier alpha value is -2.59. The molecule has 0 radical (unpaired) electrons. The first-order chi connectivity index (χ1) is 11.7. The molecule has 4 heteroatoms. The topological polar surface area (TPSA) is 58.6 Å². The van der Waals surface area contributed by atoms with Crippen molar-refractivity contribution >= 4 is 12.0 Å². The Morgan fingerprint density at radius 1 is 1.17 bits per heavy atom. The molecule has 0 spiro atoms. The zero-order valence-corrected chi connectivity index (χ0v) is 13.8. The van der Waals surface area contributed by atoms with E-state index in [1.165, 1.54) is 6.08 Å². The maximum atomic E-state index is 12.1. The smallest absolute Gasteiger partial charge is 0.244 e. The molecular formula is C20H23NO3. The molecule has 0 heterocycles. The predicted octanol–water partition coefficient (Wildman–Crippen LogP) is 3.34. The van der Waals surface area contributed by atoms with Gasteiger partial charge in [0.2, 0.25) is 5.91 Å². The molecule has 24 heavy (non-hydrogen) atoms. The van der Waals surface area contributed by atoms with Crippen LogP contribution in [0.1, 0.15) is 30.5 Å². The SMILES string of the molecule is CCOc1ccc(/C=C/C(=O)NC(CCO)c2ccccc2)cc1. The molecule has 2 aromatic rings. The minimum Gasteiger partial charge on any atom is -0.494 e. The highest BCUT2D eigenvalue weighted by Crippen LogP contribution is 2.16. The van der Waals surface area contributed by atoms with Crippen LogP contribution in [0.2, 0.25) is 0 Å². The van der Waals surface area contributed by atoms with Gasteiger partial charge in [-0.25, -0.2) is 0 Å². The predicted molar refractivity (Wildman–Crippen MR) is 95.7 cm³/mol. The van der Waals surface area contributed by atoms with E-state index in [2.05, 4.69) is 5.32 Å². The van der Waals surface area contributed by atoms with Crippen molar-refractivity contribution in [2.75, 3.05) is 13.2 Å². The Bertz CT molecular complexity index is 650. The number of rotatable bonds is 8. The first-order valence-corrected chi connectivity index (χ1v) is 8.10. The Balaban J connectivity index is 1.97. The summed E-state index contributed by atoms with van der Waals surface area (Å²) in [6.45, 7) is 2.58. The molecule has 1 amide bonds. The van der Waals surface area contributed by atoms with Gasteiger partial charge < -0.3 is 15.2 Å². The Morgan fingerprint density at radius 2 is 1.88 bits per heavy atom. The van der Waals surface area contributed by atoms with Crippen LogP contribution in [0.4, 0.5) is 0 Å². The summed E-state index contributed by atoms with van der Waals surface area (Å²) in [5.74, 6) is 0.623. The van der Waals surface area contributed by atoms with Crippen molar-refractivity contribution < 1.29 is 14.6 Å². The average Bonchev–Trinajstić information content (AvgIpc) is 2.62. The van der Waals surface area contributed by atoms with Crippen molar-refractivity contribution in [2.45, 2.75) is 19.4 Å². The number of aliphatic hydroxyl groups is 1. The summed E-state index contributed by atoms with van der Waals surface area (Å²) in [6, 6.07) is 17.0. The van der Waals surface area contributed by atoms with Crippen molar-refractivity contribution in [2.24, 2.45) is 0 Å². The zero-order chi connectivity index (χ0) is 17.2. The lowest BCUT2D eigenvalue weighted by molar-refractivity contribution is -0.117. The lowest BCUT2D eigenvalue weighted by atomic mass is 10.0. The van der Waals surface area contributed by atoms with E-state index in [1.54, 1.807) is 6.08 Å². The minimum absolute atomic E-state index is 0.0163. The lowest BCUT2D eigenvalue weighted by Gasteiger charge is -2.17. The van der Waals surface area contributed by atoms with Gasteiger partial charge in [0.15, 0.2) is 0 Å². The number of carbonyl (C=O) groups excluding carboxylic acids is 1. The normalized spacial score (nSPS) is 12.1. The standard InChI is InChI=1S/C20H23NO3/c1-2-24-18-11-8-16(9-12-18)10-13-20(23)21-19(14-15-22)17-6-4-3-5-7-17/h3-13,19,22H,2,14-15H2,1H3,(H,21,23)/b13-10+. The van der Waals surface area contributed by atoms with Crippen LogP contribution in [0.25, 0.3) is 6.08 Å². The van der Waals surface area contributed by atoms with Gasteiger partial charge in [-0.3, -0.25) is 4.79 Å². The molecule has 2 N–H and O–H groups in total. The summed E-state index contributed by atoms with van der Waals surface area (Å²) in [5, 5.41) is 12.1. The average molecular weight is 325 g/mol. The molecule has 126 valence electrons. The van der Waals surface area contributed by atoms with Gasteiger partial charge in [0.1, 0.15) is 5.75 Å². The molecule has 0 aliphatic heterocycles. The third-order valence-corrected chi connectivity index (χ3v) is 3.55. The molecule has 1 unspecified atom stereocenters. The second-order valence-electron chi connectivity index (χ2n) is 5.32. The van der Waals surface area contributed by atoms with E-state index in [0.717, 1.165) is 16.9 Å². The van der Waals surface area contributed by atoms with Crippen molar-refractivity contribution in [3.05, 3.63) is 71.8 Å². The highest BCUT2D eigenvalue weighted by molar-refractivity contribution is 5.92. The van der Waals surface area contributed by atoms with Crippen LogP contribution >= 0.6 is 0 Å². The lowest BCUT2D eigenvalue weighted by Crippen LogP contribution is -2.27. The summed E-state index contributed by atoms with van der Waals surface area (Å²) < 4.78 is 5.39. The van der Waals surface area contributed by atoms with Crippen LogP contribution in [0, 0.1) is 0 Å². The fraction of sp³-hybridized carbons (Fsp3) is 0.250. The third-order valence-electron chi connectivity index (χ3n) is 3.55. The Labute approximate surface area is 142 Å². The van der Waals surface area contributed by atoms with Crippen molar-refractivity contribution in [3.63, 3.8) is 0 Å². The van der Waals surface area contributed by atoms with Crippen LogP contribution in [0.3, 0.4) is 0 Å². The number of benzene rings is 2. The van der Waals surface area contributed by atoms with Gasteiger partial charge in [0.25, 0.3) is 0 Å². The van der Waals surface area contributed by atoms with Gasteiger partial charge >= 0.3 is 0 Å². The number of aliphatic hydroxyl groups excluding tert-OH is 1. The van der Waals surface area contributed by atoms with E-state index in [4.69, 9.17) is 4.74 Å². The fourth-order valence-corrected chi connectivity index (χ4v) is 2.37.